The first kappa shape index (κ1) is 17.0. The number of alkyl halides is 3. The molecule has 6 nitrogen and oxygen atoms in total. The zero-order chi connectivity index (χ0) is 16.2. The highest BCUT2D eigenvalue weighted by Gasteiger charge is 2.45. The molecule has 0 radical (unpaired) electrons. The third-order valence-electron chi connectivity index (χ3n) is 3.01. The predicted molar refractivity (Wildman–Crippen MR) is 62.8 cm³/mol. The molecule has 0 aromatic carbocycles. The molecule has 21 heavy (non-hydrogen) atoms. The van der Waals surface area contributed by atoms with E-state index in [1.165, 1.54) is 12.2 Å². The lowest BCUT2D eigenvalue weighted by molar-refractivity contribution is -0.186. The van der Waals surface area contributed by atoms with E-state index in [0.29, 0.717) is 4.90 Å². The van der Waals surface area contributed by atoms with Crippen molar-refractivity contribution in [3.05, 3.63) is 12.2 Å². The van der Waals surface area contributed by atoms with Crippen molar-refractivity contribution in [1.29, 1.82) is 0 Å². The molecule has 1 aliphatic rings. The summed E-state index contributed by atoms with van der Waals surface area (Å²) in [5.41, 5.74) is 0. The number of hydrogen-bond donors (Lipinski definition) is 0. The average Bonchev–Trinajstić information content (AvgIpc) is 2.45. The van der Waals surface area contributed by atoms with Crippen molar-refractivity contribution in [2.75, 3.05) is 27.3 Å². The number of carbonyl (C=O) groups is 3. The van der Waals surface area contributed by atoms with Crippen LogP contribution >= 0.6 is 0 Å². The van der Waals surface area contributed by atoms with Gasteiger partial charge in [-0.2, -0.15) is 13.2 Å². The molecule has 1 amide bonds. The van der Waals surface area contributed by atoms with Gasteiger partial charge >= 0.3 is 24.0 Å². The topological polar surface area (TPSA) is 72.9 Å². The zero-order valence-corrected chi connectivity index (χ0v) is 11.3. The first-order chi connectivity index (χ1) is 9.72. The molecular weight excluding hydrogens is 295 g/mol. The SMILES string of the molecule is COC(=O)C(C(=O)OC)[C@@H]1C=CCN(C(=O)C(F)(F)F)C1. The second kappa shape index (κ2) is 6.59. The molecule has 0 fully saturated rings. The van der Waals surface area contributed by atoms with Crippen LogP contribution in [-0.2, 0) is 23.9 Å². The smallest absolute Gasteiger partial charge is 0.468 e. The number of carbonyl (C=O) groups excluding carboxylic acids is 3. The van der Waals surface area contributed by atoms with Crippen LogP contribution in [0.5, 0.6) is 0 Å². The lowest BCUT2D eigenvalue weighted by atomic mass is 9.89. The Balaban J connectivity index is 2.94. The van der Waals surface area contributed by atoms with Crippen LogP contribution in [0.1, 0.15) is 0 Å². The van der Waals surface area contributed by atoms with Gasteiger partial charge < -0.3 is 14.4 Å². The highest BCUT2D eigenvalue weighted by Crippen LogP contribution is 2.25. The molecule has 0 aliphatic carbocycles. The summed E-state index contributed by atoms with van der Waals surface area (Å²) in [4.78, 5) is 34.9. The summed E-state index contributed by atoms with van der Waals surface area (Å²) in [5.74, 6) is -6.24. The Morgan fingerprint density at radius 2 is 1.71 bits per heavy atom. The van der Waals surface area contributed by atoms with E-state index >= 15 is 0 Å². The van der Waals surface area contributed by atoms with Gasteiger partial charge in [0, 0.05) is 19.0 Å². The van der Waals surface area contributed by atoms with Gasteiger partial charge in [-0.05, 0) is 0 Å². The Labute approximate surface area is 118 Å². The van der Waals surface area contributed by atoms with E-state index in [1.807, 2.05) is 0 Å². The lowest BCUT2D eigenvalue weighted by Crippen LogP contribution is -2.48. The Morgan fingerprint density at radius 1 is 1.19 bits per heavy atom. The van der Waals surface area contributed by atoms with Crippen molar-refractivity contribution in [3.8, 4) is 0 Å². The molecule has 0 unspecified atom stereocenters. The number of nitrogens with zero attached hydrogens (tertiary/aromatic N) is 1. The zero-order valence-electron chi connectivity index (χ0n) is 11.3. The van der Waals surface area contributed by atoms with E-state index in [-0.39, 0.29) is 6.54 Å². The Morgan fingerprint density at radius 3 is 2.14 bits per heavy atom. The Bertz CT molecular complexity index is 444. The molecule has 0 saturated heterocycles. The number of ether oxygens (including phenoxy) is 2. The summed E-state index contributed by atoms with van der Waals surface area (Å²) in [5, 5.41) is 0. The summed E-state index contributed by atoms with van der Waals surface area (Å²) >= 11 is 0. The second-order valence-electron chi connectivity index (χ2n) is 4.32. The first-order valence-corrected chi connectivity index (χ1v) is 5.90. The Hall–Kier alpha value is -2.06. The third kappa shape index (κ3) is 3.96. The van der Waals surface area contributed by atoms with Gasteiger partial charge in [0.05, 0.1) is 14.2 Å². The van der Waals surface area contributed by atoms with Crippen LogP contribution in [0.4, 0.5) is 13.2 Å². The highest BCUT2D eigenvalue weighted by atomic mass is 19.4. The second-order valence-corrected chi connectivity index (χ2v) is 4.32. The van der Waals surface area contributed by atoms with Crippen molar-refractivity contribution in [2.24, 2.45) is 11.8 Å². The summed E-state index contributed by atoms with van der Waals surface area (Å²) < 4.78 is 46.1. The van der Waals surface area contributed by atoms with Crippen LogP contribution in [0.15, 0.2) is 12.2 Å². The molecule has 1 heterocycles. The highest BCUT2D eigenvalue weighted by molar-refractivity contribution is 5.95. The van der Waals surface area contributed by atoms with Crippen molar-refractivity contribution in [1.82, 2.24) is 4.90 Å². The van der Waals surface area contributed by atoms with E-state index in [4.69, 9.17) is 0 Å². The molecule has 0 bridgehead atoms. The van der Waals surface area contributed by atoms with E-state index in [9.17, 15) is 27.6 Å². The van der Waals surface area contributed by atoms with Gasteiger partial charge in [0.15, 0.2) is 5.92 Å². The molecule has 118 valence electrons. The number of amides is 1. The van der Waals surface area contributed by atoms with Crippen molar-refractivity contribution < 1.29 is 37.0 Å². The molecule has 1 atom stereocenters. The molecule has 0 aromatic rings. The minimum Gasteiger partial charge on any atom is -0.468 e. The summed E-state index contributed by atoms with van der Waals surface area (Å²) in [6.45, 7) is -0.673. The average molecular weight is 309 g/mol. The predicted octanol–water partition coefficient (Wildman–Crippen LogP) is 0.525. The molecular formula is C12H14F3NO5. The van der Waals surface area contributed by atoms with Crippen LogP contribution in [0.2, 0.25) is 0 Å². The van der Waals surface area contributed by atoms with Crippen LogP contribution in [0.25, 0.3) is 0 Å². The van der Waals surface area contributed by atoms with Crippen molar-refractivity contribution >= 4 is 17.8 Å². The largest absolute Gasteiger partial charge is 0.471 e. The first-order valence-electron chi connectivity index (χ1n) is 5.90. The Kier molecular flexibility index (Phi) is 5.34. The maximum atomic E-state index is 12.4. The molecule has 0 aromatic heterocycles. The van der Waals surface area contributed by atoms with Gasteiger partial charge in [0.25, 0.3) is 0 Å². The van der Waals surface area contributed by atoms with Crippen molar-refractivity contribution in [2.45, 2.75) is 6.18 Å². The molecule has 9 heteroatoms. The van der Waals surface area contributed by atoms with Gasteiger partial charge in [-0.1, -0.05) is 12.2 Å². The van der Waals surface area contributed by atoms with Crippen molar-refractivity contribution in [3.63, 3.8) is 0 Å². The van der Waals surface area contributed by atoms with Gasteiger partial charge in [-0.25, -0.2) is 0 Å². The number of rotatable bonds is 3. The number of hydrogen-bond acceptors (Lipinski definition) is 5. The standard InChI is InChI=1S/C12H14F3NO5/c1-20-9(17)8(10(18)21-2)7-4-3-5-16(6-7)11(19)12(13,14)15/h3-4,7-8H,5-6H2,1-2H3/t7-/m1/s1. The summed E-state index contributed by atoms with van der Waals surface area (Å²) in [6.07, 6.45) is -2.32. The van der Waals surface area contributed by atoms with Gasteiger partial charge in [-0.3, -0.25) is 14.4 Å². The van der Waals surface area contributed by atoms with Gasteiger partial charge in [0.1, 0.15) is 0 Å². The molecule has 1 rings (SSSR count). The van der Waals surface area contributed by atoms with Gasteiger partial charge in [-0.15, -0.1) is 0 Å². The molecule has 0 saturated carbocycles. The normalized spacial score (nSPS) is 18.6. The number of esters is 2. The summed E-state index contributed by atoms with van der Waals surface area (Å²) in [6, 6.07) is 0. The molecule has 0 N–H and O–H groups in total. The fraction of sp³-hybridized carbons (Fsp3) is 0.583. The van der Waals surface area contributed by atoms with Gasteiger partial charge in [0.2, 0.25) is 0 Å². The maximum absolute atomic E-state index is 12.4. The number of methoxy groups -OCH3 is 2. The molecule has 1 aliphatic heterocycles. The van der Waals surface area contributed by atoms with Crippen LogP contribution in [-0.4, -0.2) is 56.2 Å². The monoisotopic (exact) mass is 309 g/mol. The summed E-state index contributed by atoms with van der Waals surface area (Å²) in [7, 11) is 2.09. The fourth-order valence-corrected chi connectivity index (χ4v) is 2.01. The van der Waals surface area contributed by atoms with Crippen LogP contribution in [0.3, 0.4) is 0 Å². The fourth-order valence-electron chi connectivity index (χ4n) is 2.01. The lowest BCUT2D eigenvalue weighted by Gasteiger charge is -2.31. The minimum absolute atomic E-state index is 0.246. The third-order valence-corrected chi connectivity index (χ3v) is 3.01. The van der Waals surface area contributed by atoms with E-state index in [1.54, 1.807) is 0 Å². The van der Waals surface area contributed by atoms with Crippen LogP contribution < -0.4 is 0 Å². The maximum Gasteiger partial charge on any atom is 0.471 e. The van der Waals surface area contributed by atoms with Crippen LogP contribution in [0, 0.1) is 11.8 Å². The van der Waals surface area contributed by atoms with E-state index < -0.39 is 42.4 Å². The van der Waals surface area contributed by atoms with E-state index in [2.05, 4.69) is 9.47 Å². The number of halogens is 3. The minimum atomic E-state index is -5.01. The quantitative estimate of drug-likeness (QED) is 0.432. The van der Waals surface area contributed by atoms with E-state index in [0.717, 1.165) is 14.2 Å². The molecule has 0 spiro atoms.